The molecule has 0 fully saturated rings. The molecule has 0 bridgehead atoms. The fourth-order valence-corrected chi connectivity index (χ4v) is 3.40. The van der Waals surface area contributed by atoms with Crippen molar-refractivity contribution in [1.82, 2.24) is 9.78 Å². The Bertz CT molecular complexity index is 509. The van der Waals surface area contributed by atoms with Crippen LogP contribution in [0, 0.1) is 0 Å². The summed E-state index contributed by atoms with van der Waals surface area (Å²) >= 11 is 1.80. The van der Waals surface area contributed by atoms with Gasteiger partial charge in [-0.15, -0.1) is 11.3 Å². The summed E-state index contributed by atoms with van der Waals surface area (Å²) in [6, 6.07) is 4.77. The quantitative estimate of drug-likeness (QED) is 0.781. The molecule has 0 aliphatic heterocycles. The smallest absolute Gasteiger partial charge is 0.106 e. The Hall–Kier alpha value is -1.09. The normalized spacial score (nSPS) is 15.2. The van der Waals surface area contributed by atoms with E-state index in [2.05, 4.69) is 36.0 Å². The summed E-state index contributed by atoms with van der Waals surface area (Å²) in [5, 5.41) is 7.00. The van der Waals surface area contributed by atoms with Gasteiger partial charge in [0.25, 0.3) is 0 Å². The van der Waals surface area contributed by atoms with Crippen LogP contribution < -0.4 is 0 Å². The van der Waals surface area contributed by atoms with Crippen molar-refractivity contribution >= 4 is 11.3 Å². The van der Waals surface area contributed by atoms with Gasteiger partial charge in [-0.05, 0) is 51.0 Å². The summed E-state index contributed by atoms with van der Waals surface area (Å²) < 4.78 is 2.24. The Balaban J connectivity index is 2.16. The summed E-state index contributed by atoms with van der Waals surface area (Å²) in [6.07, 6.45) is 5.03. The second-order valence-electron chi connectivity index (χ2n) is 5.00. The molecule has 0 atom stereocenters. The van der Waals surface area contributed by atoms with Gasteiger partial charge in [0.05, 0.1) is 4.88 Å². The highest BCUT2D eigenvalue weighted by Crippen LogP contribution is 2.34. The zero-order valence-corrected chi connectivity index (χ0v) is 11.3. The zero-order valence-electron chi connectivity index (χ0n) is 10.4. The third-order valence-electron chi connectivity index (χ3n) is 3.45. The van der Waals surface area contributed by atoms with Crippen molar-refractivity contribution in [2.24, 2.45) is 0 Å². The third kappa shape index (κ3) is 1.82. The van der Waals surface area contributed by atoms with E-state index < -0.39 is 0 Å². The van der Waals surface area contributed by atoms with Crippen molar-refractivity contribution in [2.75, 3.05) is 0 Å². The van der Waals surface area contributed by atoms with Crippen LogP contribution in [-0.4, -0.2) is 9.78 Å². The molecule has 0 spiro atoms. The van der Waals surface area contributed by atoms with E-state index in [0.717, 1.165) is 0 Å². The molecule has 0 amide bonds. The van der Waals surface area contributed by atoms with Crippen molar-refractivity contribution in [3.8, 4) is 10.6 Å². The highest BCUT2D eigenvalue weighted by molar-refractivity contribution is 7.13. The number of aromatic nitrogens is 2. The van der Waals surface area contributed by atoms with Gasteiger partial charge >= 0.3 is 0 Å². The SMILES string of the molecule is CC(C)n1nc(-c2cccs2)c2c1CCCC2. The Morgan fingerprint density at radius 2 is 2.12 bits per heavy atom. The van der Waals surface area contributed by atoms with Crippen molar-refractivity contribution < 1.29 is 0 Å². The van der Waals surface area contributed by atoms with Crippen LogP contribution in [0.2, 0.25) is 0 Å². The van der Waals surface area contributed by atoms with Crippen LogP contribution >= 0.6 is 11.3 Å². The Morgan fingerprint density at radius 3 is 2.82 bits per heavy atom. The Morgan fingerprint density at radius 1 is 1.29 bits per heavy atom. The first-order valence-corrected chi connectivity index (χ1v) is 7.29. The molecule has 2 nitrogen and oxygen atoms in total. The topological polar surface area (TPSA) is 17.8 Å². The lowest BCUT2D eigenvalue weighted by Crippen LogP contribution is -2.11. The average Bonchev–Trinajstić information content (AvgIpc) is 2.95. The lowest BCUT2D eigenvalue weighted by atomic mass is 9.95. The lowest BCUT2D eigenvalue weighted by molar-refractivity contribution is 0.496. The summed E-state index contributed by atoms with van der Waals surface area (Å²) in [6.45, 7) is 4.44. The molecule has 17 heavy (non-hydrogen) atoms. The second-order valence-corrected chi connectivity index (χ2v) is 5.94. The van der Waals surface area contributed by atoms with Crippen molar-refractivity contribution in [1.29, 1.82) is 0 Å². The number of hydrogen-bond acceptors (Lipinski definition) is 2. The molecule has 1 aliphatic rings. The number of nitrogens with zero attached hydrogens (tertiary/aromatic N) is 2. The molecule has 1 aliphatic carbocycles. The highest BCUT2D eigenvalue weighted by atomic mass is 32.1. The van der Waals surface area contributed by atoms with Gasteiger partial charge in [0, 0.05) is 17.3 Å². The minimum Gasteiger partial charge on any atom is -0.266 e. The third-order valence-corrected chi connectivity index (χ3v) is 4.33. The van der Waals surface area contributed by atoms with Crippen LogP contribution in [-0.2, 0) is 12.8 Å². The standard InChI is InChI=1S/C14H18N2S/c1-10(2)16-12-7-4-3-6-11(12)14(15-16)13-8-5-9-17-13/h5,8-10H,3-4,6-7H2,1-2H3. The van der Waals surface area contributed by atoms with Crippen molar-refractivity contribution in [2.45, 2.75) is 45.6 Å². The van der Waals surface area contributed by atoms with Gasteiger partial charge in [0.15, 0.2) is 0 Å². The van der Waals surface area contributed by atoms with Crippen molar-refractivity contribution in [3.05, 3.63) is 28.8 Å². The van der Waals surface area contributed by atoms with Gasteiger partial charge in [-0.3, -0.25) is 4.68 Å². The molecule has 2 heterocycles. The molecule has 0 aromatic carbocycles. The molecular formula is C14H18N2S. The highest BCUT2D eigenvalue weighted by Gasteiger charge is 2.22. The van der Waals surface area contributed by atoms with E-state index >= 15 is 0 Å². The molecule has 0 saturated carbocycles. The van der Waals surface area contributed by atoms with E-state index in [0.29, 0.717) is 6.04 Å². The molecule has 2 aromatic heterocycles. The monoisotopic (exact) mass is 246 g/mol. The number of hydrogen-bond donors (Lipinski definition) is 0. The van der Waals surface area contributed by atoms with Crippen LogP contribution in [0.25, 0.3) is 10.6 Å². The summed E-state index contributed by atoms with van der Waals surface area (Å²) in [7, 11) is 0. The van der Waals surface area contributed by atoms with Crippen LogP contribution in [0.15, 0.2) is 17.5 Å². The fraction of sp³-hybridized carbons (Fsp3) is 0.500. The first-order chi connectivity index (χ1) is 8.27. The van der Waals surface area contributed by atoms with Gasteiger partial charge in [0.2, 0.25) is 0 Å². The first-order valence-electron chi connectivity index (χ1n) is 6.41. The maximum atomic E-state index is 4.86. The van der Waals surface area contributed by atoms with Crippen LogP contribution in [0.1, 0.15) is 44.0 Å². The van der Waals surface area contributed by atoms with Gasteiger partial charge in [-0.1, -0.05) is 6.07 Å². The predicted molar refractivity (Wildman–Crippen MR) is 72.6 cm³/mol. The fourth-order valence-electron chi connectivity index (χ4n) is 2.66. The molecule has 3 rings (SSSR count). The van der Waals surface area contributed by atoms with Gasteiger partial charge in [-0.25, -0.2) is 0 Å². The van der Waals surface area contributed by atoms with Gasteiger partial charge in [0.1, 0.15) is 5.69 Å². The van der Waals surface area contributed by atoms with E-state index in [1.807, 2.05) is 0 Å². The van der Waals surface area contributed by atoms with Crippen LogP contribution in [0.3, 0.4) is 0 Å². The van der Waals surface area contributed by atoms with E-state index in [-0.39, 0.29) is 0 Å². The number of fused-ring (bicyclic) bond motifs is 1. The Kier molecular flexibility index (Phi) is 2.79. The van der Waals surface area contributed by atoms with Crippen LogP contribution in [0.5, 0.6) is 0 Å². The van der Waals surface area contributed by atoms with E-state index in [9.17, 15) is 0 Å². The zero-order chi connectivity index (χ0) is 11.8. The maximum absolute atomic E-state index is 4.86. The van der Waals surface area contributed by atoms with Gasteiger partial charge < -0.3 is 0 Å². The van der Waals surface area contributed by atoms with Crippen molar-refractivity contribution in [3.63, 3.8) is 0 Å². The number of rotatable bonds is 2. The van der Waals surface area contributed by atoms with Gasteiger partial charge in [-0.2, -0.15) is 5.10 Å². The average molecular weight is 246 g/mol. The second kappa shape index (κ2) is 4.30. The lowest BCUT2D eigenvalue weighted by Gasteiger charge is -2.16. The summed E-state index contributed by atoms with van der Waals surface area (Å²) in [4.78, 5) is 1.32. The molecular weight excluding hydrogens is 228 g/mol. The van der Waals surface area contributed by atoms with E-state index in [1.54, 1.807) is 11.3 Å². The molecule has 0 saturated heterocycles. The molecule has 3 heteroatoms. The minimum atomic E-state index is 0.468. The molecule has 0 radical (unpaired) electrons. The minimum absolute atomic E-state index is 0.468. The van der Waals surface area contributed by atoms with E-state index in [1.165, 1.54) is 47.5 Å². The Labute approximate surface area is 106 Å². The molecule has 0 N–H and O–H groups in total. The molecule has 2 aromatic rings. The maximum Gasteiger partial charge on any atom is 0.106 e. The van der Waals surface area contributed by atoms with E-state index in [4.69, 9.17) is 5.10 Å². The summed E-state index contributed by atoms with van der Waals surface area (Å²) in [5.41, 5.74) is 4.23. The summed E-state index contributed by atoms with van der Waals surface area (Å²) in [5.74, 6) is 0. The molecule has 90 valence electrons. The first kappa shape index (κ1) is 11.0. The van der Waals surface area contributed by atoms with Crippen LogP contribution in [0.4, 0.5) is 0 Å². The molecule has 0 unspecified atom stereocenters. The number of thiophene rings is 1. The largest absolute Gasteiger partial charge is 0.266 e. The predicted octanol–water partition coefficient (Wildman–Crippen LogP) is 4.07.